The van der Waals surface area contributed by atoms with Crippen LogP contribution in [0.1, 0.15) is 5.56 Å². The Labute approximate surface area is 187 Å². The van der Waals surface area contributed by atoms with Gasteiger partial charge in [-0.05, 0) is 48.9 Å². The molecule has 0 saturated heterocycles. The molecule has 0 fully saturated rings. The molecule has 0 unspecified atom stereocenters. The zero-order valence-electron chi connectivity index (χ0n) is 17.5. The van der Waals surface area contributed by atoms with E-state index in [9.17, 15) is 13.2 Å². The number of rotatable bonds is 8. The standard InChI is InChI=1S/C23H24N2O4S2/c1-17-13-14-21(29-2)20(15-17)25(31(3,27)28)16-23(26)24-19-11-7-8-12-22(19)30-18-9-5-4-6-10-18/h4-15H,16H2,1-3H3,(H,24,26). The van der Waals surface area contributed by atoms with Gasteiger partial charge in [-0.3, -0.25) is 9.10 Å². The highest BCUT2D eigenvalue weighted by Gasteiger charge is 2.24. The second-order valence-corrected chi connectivity index (χ2v) is 9.93. The number of ether oxygens (including phenoxy) is 1. The number of hydrogen-bond acceptors (Lipinski definition) is 5. The third kappa shape index (κ3) is 6.02. The molecule has 1 N–H and O–H groups in total. The summed E-state index contributed by atoms with van der Waals surface area (Å²) in [5, 5.41) is 2.85. The number of aryl methyl sites for hydroxylation is 1. The summed E-state index contributed by atoms with van der Waals surface area (Å²) in [6.45, 7) is 1.48. The van der Waals surface area contributed by atoms with Crippen LogP contribution in [-0.4, -0.2) is 34.2 Å². The lowest BCUT2D eigenvalue weighted by Gasteiger charge is -2.24. The molecule has 0 saturated carbocycles. The highest BCUT2D eigenvalue weighted by Crippen LogP contribution is 2.34. The van der Waals surface area contributed by atoms with Crippen molar-refractivity contribution in [3.63, 3.8) is 0 Å². The van der Waals surface area contributed by atoms with Crippen LogP contribution in [0.5, 0.6) is 5.75 Å². The Balaban J connectivity index is 1.84. The smallest absolute Gasteiger partial charge is 0.245 e. The zero-order chi connectivity index (χ0) is 22.4. The van der Waals surface area contributed by atoms with E-state index in [1.807, 2.05) is 61.5 Å². The van der Waals surface area contributed by atoms with Crippen LogP contribution in [0.15, 0.2) is 82.6 Å². The average molecular weight is 457 g/mol. The van der Waals surface area contributed by atoms with Gasteiger partial charge in [-0.1, -0.05) is 48.2 Å². The molecule has 0 bridgehead atoms. The molecular formula is C23H24N2O4S2. The molecule has 0 aliphatic rings. The SMILES string of the molecule is COc1ccc(C)cc1N(CC(=O)Nc1ccccc1Sc1ccccc1)S(C)(=O)=O. The van der Waals surface area contributed by atoms with Crippen molar-refractivity contribution in [3.8, 4) is 5.75 Å². The first-order chi connectivity index (χ1) is 14.8. The molecule has 3 aromatic carbocycles. The second kappa shape index (κ2) is 9.89. The van der Waals surface area contributed by atoms with Gasteiger partial charge < -0.3 is 10.1 Å². The molecule has 3 aromatic rings. The van der Waals surface area contributed by atoms with Crippen LogP contribution in [0.25, 0.3) is 0 Å². The van der Waals surface area contributed by atoms with Gasteiger partial charge in [0.15, 0.2) is 0 Å². The number of nitrogens with zero attached hydrogens (tertiary/aromatic N) is 1. The summed E-state index contributed by atoms with van der Waals surface area (Å²) in [7, 11) is -2.26. The topological polar surface area (TPSA) is 75.7 Å². The highest BCUT2D eigenvalue weighted by atomic mass is 32.2. The van der Waals surface area contributed by atoms with Gasteiger partial charge in [-0.15, -0.1) is 0 Å². The Hall–Kier alpha value is -2.97. The van der Waals surface area contributed by atoms with E-state index < -0.39 is 15.9 Å². The zero-order valence-corrected chi connectivity index (χ0v) is 19.2. The molecule has 31 heavy (non-hydrogen) atoms. The van der Waals surface area contributed by atoms with Crippen molar-refractivity contribution >= 4 is 39.1 Å². The molecular weight excluding hydrogens is 432 g/mol. The first kappa shape index (κ1) is 22.7. The predicted octanol–water partition coefficient (Wildman–Crippen LogP) is 4.56. The Bertz CT molecular complexity index is 1170. The maximum atomic E-state index is 12.9. The Morgan fingerprint density at radius 1 is 1.03 bits per heavy atom. The fraction of sp³-hybridized carbons (Fsp3) is 0.174. The number of carbonyl (C=O) groups is 1. The third-order valence-corrected chi connectivity index (χ3v) is 6.63. The van der Waals surface area contributed by atoms with Crippen LogP contribution in [0.2, 0.25) is 0 Å². The number of sulfonamides is 1. The van der Waals surface area contributed by atoms with Crippen LogP contribution >= 0.6 is 11.8 Å². The number of carbonyl (C=O) groups excluding carboxylic acids is 1. The normalized spacial score (nSPS) is 11.1. The Morgan fingerprint density at radius 3 is 2.39 bits per heavy atom. The first-order valence-corrected chi connectivity index (χ1v) is 12.2. The van der Waals surface area contributed by atoms with Crippen molar-refractivity contribution in [2.45, 2.75) is 16.7 Å². The van der Waals surface area contributed by atoms with Gasteiger partial charge in [0, 0.05) is 9.79 Å². The van der Waals surface area contributed by atoms with Crippen LogP contribution in [-0.2, 0) is 14.8 Å². The van der Waals surface area contributed by atoms with Crippen molar-refractivity contribution in [2.75, 3.05) is 29.5 Å². The average Bonchev–Trinajstić information content (AvgIpc) is 2.73. The Kier molecular flexibility index (Phi) is 7.25. The van der Waals surface area contributed by atoms with E-state index in [1.54, 1.807) is 18.2 Å². The van der Waals surface area contributed by atoms with Gasteiger partial charge in [0.1, 0.15) is 12.3 Å². The highest BCUT2D eigenvalue weighted by molar-refractivity contribution is 7.99. The minimum atomic E-state index is -3.73. The number of amides is 1. The summed E-state index contributed by atoms with van der Waals surface area (Å²) in [5.41, 5.74) is 1.80. The van der Waals surface area contributed by atoms with Crippen molar-refractivity contribution in [3.05, 3.63) is 78.4 Å². The van der Waals surface area contributed by atoms with Crippen LogP contribution < -0.4 is 14.4 Å². The maximum Gasteiger partial charge on any atom is 0.245 e. The number of methoxy groups -OCH3 is 1. The summed E-state index contributed by atoms with van der Waals surface area (Å²) in [6, 6.07) is 22.4. The van der Waals surface area contributed by atoms with Crippen LogP contribution in [0.3, 0.4) is 0 Å². The van der Waals surface area contributed by atoms with Crippen molar-refractivity contribution in [1.29, 1.82) is 0 Å². The van der Waals surface area contributed by atoms with Crippen LogP contribution in [0.4, 0.5) is 11.4 Å². The third-order valence-electron chi connectivity index (χ3n) is 4.42. The lowest BCUT2D eigenvalue weighted by atomic mass is 10.2. The second-order valence-electron chi connectivity index (χ2n) is 6.90. The lowest BCUT2D eigenvalue weighted by Crippen LogP contribution is -2.37. The lowest BCUT2D eigenvalue weighted by molar-refractivity contribution is -0.114. The summed E-state index contributed by atoms with van der Waals surface area (Å²) < 4.78 is 31.4. The van der Waals surface area contributed by atoms with Gasteiger partial charge >= 0.3 is 0 Å². The minimum absolute atomic E-state index is 0.326. The monoisotopic (exact) mass is 456 g/mol. The quantitative estimate of drug-likeness (QED) is 0.538. The van der Waals surface area contributed by atoms with E-state index in [0.29, 0.717) is 17.1 Å². The molecule has 0 aliphatic heterocycles. The number of benzene rings is 3. The van der Waals surface area contributed by atoms with E-state index in [2.05, 4.69) is 5.32 Å². The summed E-state index contributed by atoms with van der Waals surface area (Å²) >= 11 is 1.52. The molecule has 0 radical (unpaired) electrons. The molecule has 6 nitrogen and oxygen atoms in total. The molecule has 1 amide bonds. The summed E-state index contributed by atoms with van der Waals surface area (Å²) in [5.74, 6) is -0.0704. The van der Waals surface area contributed by atoms with E-state index >= 15 is 0 Å². The van der Waals surface area contributed by atoms with Gasteiger partial charge in [0.25, 0.3) is 0 Å². The van der Waals surface area contributed by atoms with E-state index in [4.69, 9.17) is 4.74 Å². The number of hydrogen-bond donors (Lipinski definition) is 1. The summed E-state index contributed by atoms with van der Waals surface area (Å²) in [4.78, 5) is 14.8. The van der Waals surface area contributed by atoms with Gasteiger partial charge in [0.2, 0.25) is 15.9 Å². The van der Waals surface area contributed by atoms with E-state index in [1.165, 1.54) is 18.9 Å². The van der Waals surface area contributed by atoms with Crippen molar-refractivity contribution in [2.24, 2.45) is 0 Å². The molecule has 3 rings (SSSR count). The minimum Gasteiger partial charge on any atom is -0.495 e. The first-order valence-electron chi connectivity index (χ1n) is 9.52. The fourth-order valence-corrected chi connectivity index (χ4v) is 4.75. The molecule has 0 aliphatic carbocycles. The van der Waals surface area contributed by atoms with E-state index in [-0.39, 0.29) is 6.54 Å². The predicted molar refractivity (Wildman–Crippen MR) is 126 cm³/mol. The number of para-hydroxylation sites is 1. The van der Waals surface area contributed by atoms with Gasteiger partial charge in [0.05, 0.1) is 24.7 Å². The van der Waals surface area contributed by atoms with Crippen LogP contribution in [0, 0.1) is 6.92 Å². The van der Waals surface area contributed by atoms with E-state index in [0.717, 1.165) is 25.9 Å². The number of nitrogens with one attached hydrogen (secondary N) is 1. The Morgan fingerprint density at radius 2 is 1.71 bits per heavy atom. The van der Waals surface area contributed by atoms with Crippen molar-refractivity contribution < 1.29 is 17.9 Å². The largest absolute Gasteiger partial charge is 0.495 e. The molecule has 0 atom stereocenters. The maximum absolute atomic E-state index is 12.9. The molecule has 0 aromatic heterocycles. The van der Waals surface area contributed by atoms with Gasteiger partial charge in [-0.2, -0.15) is 0 Å². The molecule has 0 spiro atoms. The van der Waals surface area contributed by atoms with Crippen molar-refractivity contribution in [1.82, 2.24) is 0 Å². The van der Waals surface area contributed by atoms with Gasteiger partial charge in [-0.25, -0.2) is 8.42 Å². The number of anilines is 2. The summed E-state index contributed by atoms with van der Waals surface area (Å²) in [6.07, 6.45) is 1.07. The molecule has 162 valence electrons. The molecule has 0 heterocycles. The molecule has 8 heteroatoms. The fourth-order valence-electron chi connectivity index (χ4n) is 2.97.